The average Bonchev–Trinajstić information content (AvgIpc) is 2.94. The lowest BCUT2D eigenvalue weighted by atomic mass is 10.3. The first-order chi connectivity index (χ1) is 10.1. The van der Waals surface area contributed by atoms with E-state index in [1.54, 1.807) is 35.8 Å². The first kappa shape index (κ1) is 13.8. The van der Waals surface area contributed by atoms with Crippen LogP contribution in [0.4, 0.5) is 5.69 Å². The van der Waals surface area contributed by atoms with Crippen molar-refractivity contribution in [3.63, 3.8) is 0 Å². The van der Waals surface area contributed by atoms with Crippen LogP contribution in [-0.2, 0) is 10.0 Å². The third kappa shape index (κ3) is 2.84. The maximum atomic E-state index is 12.3. The second-order valence-corrected chi connectivity index (χ2v) is 6.88. The summed E-state index contributed by atoms with van der Waals surface area (Å²) in [5, 5.41) is 0. The van der Waals surface area contributed by atoms with E-state index in [0.717, 1.165) is 10.2 Å². The Labute approximate surface area is 126 Å². The van der Waals surface area contributed by atoms with Gasteiger partial charge < -0.3 is 4.74 Å². The molecule has 21 heavy (non-hydrogen) atoms. The highest BCUT2D eigenvalue weighted by molar-refractivity contribution is 7.92. The maximum absolute atomic E-state index is 12.3. The van der Waals surface area contributed by atoms with E-state index in [9.17, 15) is 8.42 Å². The van der Waals surface area contributed by atoms with Gasteiger partial charge in [-0.25, -0.2) is 13.4 Å². The molecule has 0 spiro atoms. The minimum absolute atomic E-state index is 0.188. The van der Waals surface area contributed by atoms with E-state index < -0.39 is 10.0 Å². The van der Waals surface area contributed by atoms with E-state index in [-0.39, 0.29) is 4.90 Å². The number of hydrogen-bond acceptors (Lipinski definition) is 5. The lowest BCUT2D eigenvalue weighted by Crippen LogP contribution is -2.12. The lowest BCUT2D eigenvalue weighted by molar-refractivity contribution is 0.414. The van der Waals surface area contributed by atoms with Crippen LogP contribution in [0.3, 0.4) is 0 Å². The average molecular weight is 320 g/mol. The van der Waals surface area contributed by atoms with Gasteiger partial charge in [0.1, 0.15) is 5.75 Å². The molecule has 0 radical (unpaired) electrons. The highest BCUT2D eigenvalue weighted by Crippen LogP contribution is 2.24. The van der Waals surface area contributed by atoms with E-state index in [4.69, 9.17) is 4.74 Å². The van der Waals surface area contributed by atoms with Crippen LogP contribution in [0.25, 0.3) is 10.2 Å². The molecule has 7 heteroatoms. The Hall–Kier alpha value is -2.12. The van der Waals surface area contributed by atoms with Crippen molar-refractivity contribution in [3.8, 4) is 5.75 Å². The van der Waals surface area contributed by atoms with Crippen LogP contribution >= 0.6 is 11.3 Å². The molecule has 1 heterocycles. The van der Waals surface area contributed by atoms with Crippen LogP contribution in [0.1, 0.15) is 0 Å². The quantitative estimate of drug-likeness (QED) is 0.802. The third-order valence-corrected chi connectivity index (χ3v) is 5.14. The van der Waals surface area contributed by atoms with Crippen molar-refractivity contribution >= 4 is 37.3 Å². The van der Waals surface area contributed by atoms with E-state index >= 15 is 0 Å². The Morgan fingerprint density at radius 1 is 1.14 bits per heavy atom. The highest BCUT2D eigenvalue weighted by Gasteiger charge is 2.14. The van der Waals surface area contributed by atoms with Gasteiger partial charge in [-0.1, -0.05) is 0 Å². The number of nitrogens with zero attached hydrogens (tertiary/aromatic N) is 1. The fourth-order valence-corrected chi connectivity index (χ4v) is 3.65. The van der Waals surface area contributed by atoms with Crippen molar-refractivity contribution in [1.82, 2.24) is 4.98 Å². The second kappa shape index (κ2) is 5.34. The van der Waals surface area contributed by atoms with Crippen LogP contribution in [0.15, 0.2) is 52.9 Å². The number of rotatable bonds is 4. The Bertz CT molecular complexity index is 871. The topological polar surface area (TPSA) is 68.3 Å². The third-order valence-electron chi connectivity index (χ3n) is 2.95. The monoisotopic (exact) mass is 320 g/mol. The predicted molar refractivity (Wildman–Crippen MR) is 83.4 cm³/mol. The molecule has 0 unspecified atom stereocenters. The molecule has 2 aromatic carbocycles. The molecule has 108 valence electrons. The lowest BCUT2D eigenvalue weighted by Gasteiger charge is -2.08. The first-order valence-electron chi connectivity index (χ1n) is 6.08. The van der Waals surface area contributed by atoms with Crippen molar-refractivity contribution in [2.45, 2.75) is 4.90 Å². The van der Waals surface area contributed by atoms with Gasteiger partial charge in [0.2, 0.25) is 0 Å². The summed E-state index contributed by atoms with van der Waals surface area (Å²) in [6.07, 6.45) is 0. The number of hydrogen-bond donors (Lipinski definition) is 1. The van der Waals surface area contributed by atoms with E-state index in [1.807, 2.05) is 0 Å². The molecule has 0 saturated heterocycles. The van der Waals surface area contributed by atoms with Gasteiger partial charge in [0.05, 0.1) is 33.4 Å². The number of fused-ring (bicyclic) bond motifs is 1. The van der Waals surface area contributed by atoms with Gasteiger partial charge in [0.15, 0.2) is 0 Å². The van der Waals surface area contributed by atoms with Gasteiger partial charge >= 0.3 is 0 Å². The fraction of sp³-hybridized carbons (Fsp3) is 0.0714. The summed E-state index contributed by atoms with van der Waals surface area (Å²) in [6.45, 7) is 0. The van der Waals surface area contributed by atoms with Crippen LogP contribution in [-0.4, -0.2) is 20.5 Å². The van der Waals surface area contributed by atoms with Crippen LogP contribution in [0.5, 0.6) is 5.75 Å². The Kier molecular flexibility index (Phi) is 3.52. The van der Waals surface area contributed by atoms with Gasteiger partial charge in [0, 0.05) is 0 Å². The number of nitrogens with one attached hydrogen (secondary N) is 1. The normalized spacial score (nSPS) is 11.5. The molecule has 3 rings (SSSR count). The van der Waals surface area contributed by atoms with Gasteiger partial charge in [0.25, 0.3) is 10.0 Å². The summed E-state index contributed by atoms with van der Waals surface area (Å²) in [7, 11) is -2.08. The number of ether oxygens (including phenoxy) is 1. The summed E-state index contributed by atoms with van der Waals surface area (Å²) in [6, 6.07) is 11.5. The van der Waals surface area contributed by atoms with E-state index in [0.29, 0.717) is 11.4 Å². The van der Waals surface area contributed by atoms with Crippen LogP contribution in [0, 0.1) is 0 Å². The molecule has 1 N–H and O–H groups in total. The van der Waals surface area contributed by atoms with Crippen LogP contribution in [0.2, 0.25) is 0 Å². The van der Waals surface area contributed by atoms with E-state index in [1.165, 1.54) is 30.6 Å². The molecule has 0 aliphatic heterocycles. The molecule has 0 fully saturated rings. The molecule has 1 aromatic heterocycles. The summed E-state index contributed by atoms with van der Waals surface area (Å²) in [4.78, 5) is 4.35. The SMILES string of the molecule is COc1ccc(S(=O)(=O)Nc2ccc3ncsc3c2)cc1. The molecule has 5 nitrogen and oxygen atoms in total. The number of sulfonamides is 1. The van der Waals surface area contributed by atoms with Gasteiger partial charge in [-0.3, -0.25) is 4.72 Å². The van der Waals surface area contributed by atoms with Crippen molar-refractivity contribution in [2.75, 3.05) is 11.8 Å². The number of anilines is 1. The minimum Gasteiger partial charge on any atom is -0.497 e. The minimum atomic E-state index is -3.61. The molecule has 0 saturated carbocycles. The van der Waals surface area contributed by atoms with Crippen LogP contribution < -0.4 is 9.46 Å². The van der Waals surface area contributed by atoms with E-state index in [2.05, 4.69) is 9.71 Å². The summed E-state index contributed by atoms with van der Waals surface area (Å²) < 4.78 is 33.1. The number of methoxy groups -OCH3 is 1. The molecule has 0 aliphatic carbocycles. The van der Waals surface area contributed by atoms with Crippen molar-refractivity contribution in [2.24, 2.45) is 0 Å². The highest BCUT2D eigenvalue weighted by atomic mass is 32.2. The number of thiazole rings is 1. The fourth-order valence-electron chi connectivity index (χ4n) is 1.89. The van der Waals surface area contributed by atoms with Crippen molar-refractivity contribution in [1.29, 1.82) is 0 Å². The van der Waals surface area contributed by atoms with Gasteiger partial charge in [-0.15, -0.1) is 11.3 Å². The van der Waals surface area contributed by atoms with Gasteiger partial charge in [-0.2, -0.15) is 0 Å². The standard InChI is InChI=1S/C14H12N2O3S2/c1-19-11-3-5-12(6-4-11)21(17,18)16-10-2-7-13-14(8-10)20-9-15-13/h2-9,16H,1H3. The number of aromatic nitrogens is 1. The molecule has 0 bridgehead atoms. The summed E-state index contributed by atoms with van der Waals surface area (Å²) >= 11 is 1.47. The zero-order valence-electron chi connectivity index (χ0n) is 11.1. The van der Waals surface area contributed by atoms with Crippen molar-refractivity contribution < 1.29 is 13.2 Å². The Morgan fingerprint density at radius 3 is 2.62 bits per heavy atom. The predicted octanol–water partition coefficient (Wildman–Crippen LogP) is 3.11. The zero-order valence-corrected chi connectivity index (χ0v) is 12.7. The first-order valence-corrected chi connectivity index (χ1v) is 8.45. The second-order valence-electron chi connectivity index (χ2n) is 4.32. The summed E-state index contributed by atoms with van der Waals surface area (Å²) in [5.41, 5.74) is 3.10. The smallest absolute Gasteiger partial charge is 0.261 e. The summed E-state index contributed by atoms with van der Waals surface area (Å²) in [5.74, 6) is 0.611. The molecule has 0 amide bonds. The number of benzene rings is 2. The largest absolute Gasteiger partial charge is 0.497 e. The zero-order chi connectivity index (χ0) is 14.9. The molecular formula is C14H12N2O3S2. The Morgan fingerprint density at radius 2 is 1.90 bits per heavy atom. The molecule has 3 aromatic rings. The molecule has 0 aliphatic rings. The molecular weight excluding hydrogens is 308 g/mol. The van der Waals surface area contributed by atoms with Gasteiger partial charge in [-0.05, 0) is 42.5 Å². The maximum Gasteiger partial charge on any atom is 0.261 e. The molecule has 0 atom stereocenters. The Balaban J connectivity index is 1.90. The van der Waals surface area contributed by atoms with Crippen molar-refractivity contribution in [3.05, 3.63) is 48.0 Å².